The zero-order valence-corrected chi connectivity index (χ0v) is 19.2. The van der Waals surface area contributed by atoms with Gasteiger partial charge in [0.1, 0.15) is 11.4 Å². The van der Waals surface area contributed by atoms with Crippen molar-refractivity contribution in [1.82, 2.24) is 10.6 Å². The fourth-order valence-electron chi connectivity index (χ4n) is 3.97. The minimum atomic E-state index is -0.252. The van der Waals surface area contributed by atoms with Crippen molar-refractivity contribution in [3.8, 4) is 23.0 Å². The molecule has 0 bridgehead atoms. The van der Waals surface area contributed by atoms with Gasteiger partial charge in [0.15, 0.2) is 17.5 Å². The highest BCUT2D eigenvalue weighted by molar-refractivity contribution is 5.80. The average molecular weight is 428 g/mol. The van der Waals surface area contributed by atoms with Gasteiger partial charge >= 0.3 is 0 Å². The molecule has 0 amide bonds. The number of guanidine groups is 1. The van der Waals surface area contributed by atoms with E-state index in [1.54, 1.807) is 28.4 Å². The smallest absolute Gasteiger partial charge is 0.203 e. The molecule has 31 heavy (non-hydrogen) atoms. The van der Waals surface area contributed by atoms with Gasteiger partial charge in [0.05, 0.1) is 27.4 Å². The van der Waals surface area contributed by atoms with Gasteiger partial charge in [-0.25, -0.2) is 0 Å². The van der Waals surface area contributed by atoms with Gasteiger partial charge in [-0.2, -0.15) is 0 Å². The number of aliphatic imine (C=N–C) groups is 1. The lowest BCUT2D eigenvalue weighted by molar-refractivity contribution is 0.0694. The highest BCUT2D eigenvalue weighted by Gasteiger charge is 2.33. The van der Waals surface area contributed by atoms with Crippen LogP contribution in [0.5, 0.6) is 23.0 Å². The van der Waals surface area contributed by atoms with Crippen LogP contribution in [0.25, 0.3) is 0 Å². The predicted octanol–water partition coefficient (Wildman–Crippen LogP) is 3.72. The van der Waals surface area contributed by atoms with Gasteiger partial charge in [0.25, 0.3) is 0 Å². The van der Waals surface area contributed by atoms with E-state index in [9.17, 15) is 0 Å². The second kappa shape index (κ2) is 9.81. The summed E-state index contributed by atoms with van der Waals surface area (Å²) in [5, 5.41) is 6.97. The van der Waals surface area contributed by atoms with Gasteiger partial charge in [-0.15, -0.1) is 0 Å². The summed E-state index contributed by atoms with van der Waals surface area (Å²) >= 11 is 0. The normalized spacial score (nSPS) is 17.2. The van der Waals surface area contributed by atoms with E-state index in [0.29, 0.717) is 23.8 Å². The third-order valence-electron chi connectivity index (χ3n) is 5.38. The molecule has 1 aliphatic rings. The first-order valence-electron chi connectivity index (χ1n) is 10.5. The van der Waals surface area contributed by atoms with E-state index in [-0.39, 0.29) is 11.6 Å². The van der Waals surface area contributed by atoms with Crippen LogP contribution in [0.2, 0.25) is 0 Å². The van der Waals surface area contributed by atoms with Gasteiger partial charge in [-0.3, -0.25) is 4.99 Å². The summed E-state index contributed by atoms with van der Waals surface area (Å²) in [6, 6.07) is 12.2. The van der Waals surface area contributed by atoms with E-state index in [2.05, 4.69) is 35.5 Å². The van der Waals surface area contributed by atoms with E-state index >= 15 is 0 Å². The Kier molecular flexibility index (Phi) is 7.15. The molecule has 3 rings (SSSR count). The molecule has 1 aliphatic heterocycles. The molecule has 7 heteroatoms. The second-order valence-electron chi connectivity index (χ2n) is 8.04. The Morgan fingerprint density at radius 3 is 2.48 bits per heavy atom. The monoisotopic (exact) mass is 427 g/mol. The summed E-state index contributed by atoms with van der Waals surface area (Å²) < 4.78 is 22.6. The molecule has 2 aromatic carbocycles. The molecule has 2 aromatic rings. The Hall–Kier alpha value is -3.09. The maximum absolute atomic E-state index is 6.13. The van der Waals surface area contributed by atoms with Crippen molar-refractivity contribution in [3.63, 3.8) is 0 Å². The van der Waals surface area contributed by atoms with Crippen molar-refractivity contribution in [2.75, 3.05) is 34.9 Å². The molecule has 1 heterocycles. The van der Waals surface area contributed by atoms with Crippen LogP contribution in [0.3, 0.4) is 0 Å². The molecule has 0 saturated carbocycles. The number of fused-ring (bicyclic) bond motifs is 1. The number of hydrogen-bond donors (Lipinski definition) is 2. The molecule has 2 N–H and O–H groups in total. The Morgan fingerprint density at radius 2 is 1.81 bits per heavy atom. The first-order valence-corrected chi connectivity index (χ1v) is 10.5. The Labute approximate surface area is 184 Å². The van der Waals surface area contributed by atoms with Crippen LogP contribution in [0, 0.1) is 0 Å². The van der Waals surface area contributed by atoms with E-state index in [1.807, 2.05) is 30.3 Å². The van der Waals surface area contributed by atoms with Gasteiger partial charge in [-0.1, -0.05) is 24.3 Å². The van der Waals surface area contributed by atoms with Crippen LogP contribution >= 0.6 is 0 Å². The number of ether oxygens (including phenoxy) is 4. The number of hydrogen-bond acceptors (Lipinski definition) is 5. The highest BCUT2D eigenvalue weighted by Crippen LogP contribution is 2.40. The van der Waals surface area contributed by atoms with Gasteiger partial charge in [0, 0.05) is 31.1 Å². The molecule has 7 nitrogen and oxygen atoms in total. The lowest BCUT2D eigenvalue weighted by atomic mass is 9.90. The number of nitrogens with zero attached hydrogens (tertiary/aromatic N) is 1. The van der Waals surface area contributed by atoms with Crippen molar-refractivity contribution in [3.05, 3.63) is 47.5 Å². The number of methoxy groups -OCH3 is 3. The van der Waals surface area contributed by atoms with Crippen LogP contribution in [0.1, 0.15) is 37.4 Å². The Balaban J connectivity index is 1.67. The SMILES string of the molecule is CN=C(NCCc1ccc(OC)c(OC)c1OC)NC1CC(C)(C)Oc2ccccc21. The molecule has 1 unspecified atom stereocenters. The fourth-order valence-corrected chi connectivity index (χ4v) is 3.97. The molecule has 1 atom stereocenters. The molecular weight excluding hydrogens is 394 g/mol. The van der Waals surface area contributed by atoms with Gasteiger partial charge < -0.3 is 29.6 Å². The first-order chi connectivity index (χ1) is 14.9. The number of benzene rings is 2. The third-order valence-corrected chi connectivity index (χ3v) is 5.38. The standard InChI is InChI=1S/C24H33N3O4/c1-24(2)15-18(17-9-7-8-10-19(17)31-24)27-23(25-3)26-14-13-16-11-12-20(28-4)22(30-6)21(16)29-5/h7-12,18H,13-15H2,1-6H3,(H2,25,26,27). The van der Waals surface area contributed by atoms with E-state index < -0.39 is 0 Å². The van der Waals surface area contributed by atoms with Crippen LogP contribution in [0.4, 0.5) is 0 Å². The summed E-state index contributed by atoms with van der Waals surface area (Å²) in [4.78, 5) is 4.42. The molecular formula is C24H33N3O4. The van der Waals surface area contributed by atoms with Crippen molar-refractivity contribution in [2.24, 2.45) is 4.99 Å². The van der Waals surface area contributed by atoms with Crippen LogP contribution in [0.15, 0.2) is 41.4 Å². The van der Waals surface area contributed by atoms with Crippen molar-refractivity contribution < 1.29 is 18.9 Å². The summed E-state index contributed by atoms with van der Waals surface area (Å²) in [5.41, 5.74) is 1.92. The Morgan fingerprint density at radius 1 is 1.06 bits per heavy atom. The maximum atomic E-state index is 6.13. The molecule has 0 aliphatic carbocycles. The van der Waals surface area contributed by atoms with Gasteiger partial charge in [0.2, 0.25) is 5.75 Å². The van der Waals surface area contributed by atoms with Gasteiger partial charge in [-0.05, 0) is 32.4 Å². The van der Waals surface area contributed by atoms with Crippen molar-refractivity contribution in [1.29, 1.82) is 0 Å². The fraction of sp³-hybridized carbons (Fsp3) is 0.458. The number of nitrogens with one attached hydrogen (secondary N) is 2. The zero-order chi connectivity index (χ0) is 22.4. The topological polar surface area (TPSA) is 73.3 Å². The average Bonchev–Trinajstić information content (AvgIpc) is 2.76. The van der Waals surface area contributed by atoms with E-state index in [1.165, 1.54) is 0 Å². The van der Waals surface area contributed by atoms with Crippen LogP contribution < -0.4 is 29.6 Å². The van der Waals surface area contributed by atoms with Crippen molar-refractivity contribution >= 4 is 5.96 Å². The zero-order valence-electron chi connectivity index (χ0n) is 19.2. The largest absolute Gasteiger partial charge is 0.493 e. The minimum absolute atomic E-state index is 0.113. The first kappa shape index (κ1) is 22.6. The minimum Gasteiger partial charge on any atom is -0.493 e. The second-order valence-corrected chi connectivity index (χ2v) is 8.04. The quantitative estimate of drug-likeness (QED) is 0.518. The summed E-state index contributed by atoms with van der Waals surface area (Å²) in [6.45, 7) is 4.90. The molecule has 168 valence electrons. The molecule has 0 saturated heterocycles. The molecule has 0 aromatic heterocycles. The summed E-state index contributed by atoms with van der Waals surface area (Å²) in [5.74, 6) is 3.60. The number of rotatable bonds is 7. The molecule has 0 spiro atoms. The van der Waals surface area contributed by atoms with Crippen LogP contribution in [-0.2, 0) is 6.42 Å². The third kappa shape index (κ3) is 5.16. The lowest BCUT2D eigenvalue weighted by Gasteiger charge is -2.38. The summed E-state index contributed by atoms with van der Waals surface area (Å²) in [7, 11) is 6.65. The lowest BCUT2D eigenvalue weighted by Crippen LogP contribution is -2.45. The molecule has 0 fully saturated rings. The maximum Gasteiger partial charge on any atom is 0.203 e. The summed E-state index contributed by atoms with van der Waals surface area (Å²) in [6.07, 6.45) is 1.58. The van der Waals surface area contributed by atoms with E-state index in [0.717, 1.165) is 35.7 Å². The van der Waals surface area contributed by atoms with Crippen LogP contribution in [-0.4, -0.2) is 46.5 Å². The number of para-hydroxylation sites is 1. The predicted molar refractivity (Wildman–Crippen MR) is 123 cm³/mol. The highest BCUT2D eigenvalue weighted by atomic mass is 16.5. The van der Waals surface area contributed by atoms with Crippen molar-refractivity contribution in [2.45, 2.75) is 38.3 Å². The molecule has 0 radical (unpaired) electrons. The van der Waals surface area contributed by atoms with E-state index in [4.69, 9.17) is 18.9 Å². The Bertz CT molecular complexity index is 927.